The number of aliphatic hydroxyl groups excluding tert-OH is 1. The quantitative estimate of drug-likeness (QED) is 0.277. The molecule has 3 atom stereocenters. The molecule has 60 valence electrons. The lowest BCUT2D eigenvalue weighted by Gasteiger charge is -2.27. The van der Waals surface area contributed by atoms with Crippen LogP contribution in [0.2, 0.25) is 5.82 Å². The van der Waals surface area contributed by atoms with Crippen molar-refractivity contribution in [3.63, 3.8) is 0 Å². The Labute approximate surface area is 73.7 Å². The highest BCUT2D eigenvalue weighted by Crippen LogP contribution is 2.27. The van der Waals surface area contributed by atoms with Crippen molar-refractivity contribution in [3.8, 4) is 0 Å². The molecule has 0 saturated carbocycles. The average Bonchev–Trinajstić information content (AvgIpc) is 2.04. The van der Waals surface area contributed by atoms with Crippen molar-refractivity contribution in [1.82, 2.24) is 0 Å². The summed E-state index contributed by atoms with van der Waals surface area (Å²) in [6.07, 6.45) is 4.45. The first kappa shape index (κ1) is 9.17. The van der Waals surface area contributed by atoms with Gasteiger partial charge in [0, 0.05) is 5.92 Å². The van der Waals surface area contributed by atoms with Gasteiger partial charge in [-0.2, -0.15) is 0 Å². The number of rotatable bonds is 2. The molecule has 11 heavy (non-hydrogen) atoms. The van der Waals surface area contributed by atoms with Crippen molar-refractivity contribution in [1.29, 1.82) is 0 Å². The maximum Gasteiger partial charge on any atom is 0.0801 e. The molecule has 4 heteroatoms. The summed E-state index contributed by atoms with van der Waals surface area (Å²) < 4.78 is 4.87. The summed E-state index contributed by atoms with van der Waals surface area (Å²) in [5.41, 5.74) is 0. The van der Waals surface area contributed by atoms with Crippen LogP contribution in [-0.4, -0.2) is 25.7 Å². The summed E-state index contributed by atoms with van der Waals surface area (Å²) in [4.78, 5) is 0. The fraction of sp³-hybridized carbons (Fsp3) is 0.714. The van der Waals surface area contributed by atoms with E-state index < -0.39 is 0 Å². The molecule has 3 unspecified atom stereocenters. The van der Waals surface area contributed by atoms with Crippen molar-refractivity contribution >= 4 is 20.8 Å². The predicted molar refractivity (Wildman–Crippen MR) is 47.7 cm³/mol. The first-order valence-electron chi connectivity index (χ1n) is 3.63. The first-order chi connectivity index (χ1) is 5.27. The van der Waals surface area contributed by atoms with E-state index in [2.05, 4.69) is 12.9 Å². The Morgan fingerprint density at radius 2 is 2.36 bits per heavy atom. The van der Waals surface area contributed by atoms with Gasteiger partial charge in [0.1, 0.15) is 0 Å². The number of hydrogen-bond donors (Lipinski definition) is 2. The minimum Gasteiger partial charge on any atom is -0.396 e. The molecule has 0 aromatic rings. The molecular formula is C7H11BO2S. The van der Waals surface area contributed by atoms with Crippen LogP contribution in [0.1, 0.15) is 6.42 Å². The fourth-order valence-electron chi connectivity index (χ4n) is 1.23. The Balaban J connectivity index is 2.56. The van der Waals surface area contributed by atoms with E-state index in [4.69, 9.17) is 17.1 Å². The number of thiol groups is 1. The van der Waals surface area contributed by atoms with Gasteiger partial charge in [0.05, 0.1) is 20.6 Å². The molecule has 0 aromatic heterocycles. The second-order valence-corrected chi connectivity index (χ2v) is 2.99. The Morgan fingerprint density at radius 3 is 2.91 bits per heavy atom. The largest absolute Gasteiger partial charge is 0.396 e. The third-order valence-corrected chi connectivity index (χ3v) is 2.20. The van der Waals surface area contributed by atoms with Crippen molar-refractivity contribution in [2.45, 2.75) is 18.3 Å². The summed E-state index contributed by atoms with van der Waals surface area (Å²) in [5, 5.41) is 8.87. The Hall–Kier alpha value is 0.0749. The Bertz CT molecular complexity index is 151. The number of aliphatic hydroxyl groups is 1. The third-order valence-electron chi connectivity index (χ3n) is 1.93. The summed E-state index contributed by atoms with van der Waals surface area (Å²) in [6.45, 7) is 0.0917. The molecule has 1 aliphatic rings. The van der Waals surface area contributed by atoms with Crippen LogP contribution in [0.15, 0.2) is 12.2 Å². The zero-order valence-electron chi connectivity index (χ0n) is 6.18. The maximum absolute atomic E-state index is 8.87. The van der Waals surface area contributed by atoms with E-state index in [9.17, 15) is 0 Å². The summed E-state index contributed by atoms with van der Waals surface area (Å²) in [5.74, 6) is 0.0854. The minimum absolute atomic E-state index is 0.0370. The van der Waals surface area contributed by atoms with E-state index >= 15 is 0 Å². The molecule has 0 aliphatic heterocycles. The standard InChI is InChI=1S/C7H11BO2S/c8-6-2-1-5(4-9)7(3-6)10-11/h1-2,5-7,9,11H,3-4H2. The van der Waals surface area contributed by atoms with Gasteiger partial charge in [0.2, 0.25) is 0 Å². The Kier molecular flexibility index (Phi) is 3.49. The highest BCUT2D eigenvalue weighted by atomic mass is 32.1. The summed E-state index contributed by atoms with van der Waals surface area (Å²) >= 11 is 3.72. The van der Waals surface area contributed by atoms with Gasteiger partial charge in [-0.3, -0.25) is 0 Å². The Morgan fingerprint density at radius 1 is 1.64 bits per heavy atom. The van der Waals surface area contributed by atoms with Crippen LogP contribution in [0.25, 0.3) is 0 Å². The molecule has 2 nitrogen and oxygen atoms in total. The molecule has 0 spiro atoms. The van der Waals surface area contributed by atoms with E-state index in [1.165, 1.54) is 0 Å². The van der Waals surface area contributed by atoms with E-state index in [0.717, 1.165) is 6.42 Å². The minimum atomic E-state index is -0.0525. The highest BCUT2D eigenvalue weighted by Gasteiger charge is 2.23. The van der Waals surface area contributed by atoms with Crippen LogP contribution in [0.4, 0.5) is 0 Å². The lowest BCUT2D eigenvalue weighted by atomic mass is 9.75. The molecule has 1 N–H and O–H groups in total. The van der Waals surface area contributed by atoms with Gasteiger partial charge in [-0.05, 0) is 19.3 Å². The van der Waals surface area contributed by atoms with Crippen LogP contribution in [-0.2, 0) is 4.18 Å². The van der Waals surface area contributed by atoms with Gasteiger partial charge in [-0.1, -0.05) is 18.0 Å². The predicted octanol–water partition coefficient (Wildman–Crippen LogP) is 0.742. The SMILES string of the molecule is [B]C1C=CC(CO)C(OS)C1. The van der Waals surface area contributed by atoms with Crippen molar-refractivity contribution in [2.75, 3.05) is 6.61 Å². The topological polar surface area (TPSA) is 29.5 Å². The van der Waals surface area contributed by atoms with Gasteiger partial charge in [0.15, 0.2) is 0 Å². The van der Waals surface area contributed by atoms with Crippen LogP contribution in [0, 0.1) is 5.92 Å². The van der Waals surface area contributed by atoms with Crippen LogP contribution in [0.3, 0.4) is 0 Å². The zero-order chi connectivity index (χ0) is 8.27. The van der Waals surface area contributed by atoms with Gasteiger partial charge in [-0.15, -0.1) is 0 Å². The van der Waals surface area contributed by atoms with E-state index in [0.29, 0.717) is 0 Å². The average molecular weight is 170 g/mol. The van der Waals surface area contributed by atoms with Crippen LogP contribution in [0.5, 0.6) is 0 Å². The van der Waals surface area contributed by atoms with Crippen molar-refractivity contribution in [3.05, 3.63) is 12.2 Å². The second-order valence-electron chi connectivity index (χ2n) is 2.77. The number of hydrogen-bond acceptors (Lipinski definition) is 3. The first-order valence-corrected chi connectivity index (χ1v) is 3.99. The summed E-state index contributed by atoms with van der Waals surface area (Å²) in [7, 11) is 5.64. The monoisotopic (exact) mass is 170 g/mol. The lowest BCUT2D eigenvalue weighted by molar-refractivity contribution is 0.122. The smallest absolute Gasteiger partial charge is 0.0801 e. The van der Waals surface area contributed by atoms with Gasteiger partial charge in [0.25, 0.3) is 0 Å². The van der Waals surface area contributed by atoms with Crippen molar-refractivity contribution in [2.24, 2.45) is 5.92 Å². The van der Waals surface area contributed by atoms with Crippen molar-refractivity contribution < 1.29 is 9.29 Å². The second kappa shape index (κ2) is 4.19. The van der Waals surface area contributed by atoms with Crippen LogP contribution < -0.4 is 0 Å². The fourth-order valence-corrected chi connectivity index (χ4v) is 1.47. The molecule has 0 heterocycles. The van der Waals surface area contributed by atoms with Gasteiger partial charge < -0.3 is 9.29 Å². The highest BCUT2D eigenvalue weighted by molar-refractivity contribution is 7.75. The zero-order valence-corrected chi connectivity index (χ0v) is 7.08. The molecule has 1 aliphatic carbocycles. The molecule has 0 saturated heterocycles. The van der Waals surface area contributed by atoms with Crippen LogP contribution >= 0.6 is 12.9 Å². The van der Waals surface area contributed by atoms with E-state index in [1.54, 1.807) is 0 Å². The molecular weight excluding hydrogens is 159 g/mol. The maximum atomic E-state index is 8.87. The number of allylic oxidation sites excluding steroid dienone is 1. The molecule has 0 bridgehead atoms. The normalized spacial score (nSPS) is 37.5. The van der Waals surface area contributed by atoms with E-state index in [-0.39, 0.29) is 24.4 Å². The van der Waals surface area contributed by atoms with Gasteiger partial charge in [-0.25, -0.2) is 0 Å². The third kappa shape index (κ3) is 2.25. The molecule has 0 aromatic carbocycles. The molecule has 2 radical (unpaired) electrons. The summed E-state index contributed by atoms with van der Waals surface area (Å²) in [6, 6.07) is 0. The molecule has 1 rings (SSSR count). The molecule has 0 fully saturated rings. The lowest BCUT2D eigenvalue weighted by Crippen LogP contribution is -2.27. The van der Waals surface area contributed by atoms with Gasteiger partial charge >= 0.3 is 0 Å². The van der Waals surface area contributed by atoms with E-state index in [1.807, 2.05) is 12.2 Å². The molecule has 0 amide bonds.